The van der Waals surface area contributed by atoms with Gasteiger partial charge >= 0.3 is 0 Å². The molecule has 20 heavy (non-hydrogen) atoms. The number of nitrogens with zero attached hydrogens (tertiary/aromatic N) is 1. The molecule has 104 valence electrons. The van der Waals surface area contributed by atoms with Crippen molar-refractivity contribution < 1.29 is 4.79 Å². The number of rotatable bonds is 3. The fourth-order valence-corrected chi connectivity index (χ4v) is 2.43. The molecule has 0 heterocycles. The van der Waals surface area contributed by atoms with E-state index in [0.717, 1.165) is 10.0 Å². The molecule has 0 aliphatic carbocycles. The molecule has 2 aromatic rings. The highest BCUT2D eigenvalue weighted by Gasteiger charge is 2.16. The first-order chi connectivity index (χ1) is 9.49. The van der Waals surface area contributed by atoms with Crippen molar-refractivity contribution in [1.29, 1.82) is 0 Å². The molecule has 0 saturated heterocycles. The fourth-order valence-electron chi connectivity index (χ4n) is 1.87. The third-order valence-electron chi connectivity index (χ3n) is 2.96. The number of hydrogen-bond donors (Lipinski definition) is 1. The zero-order valence-corrected chi connectivity index (χ0v) is 13.3. The van der Waals surface area contributed by atoms with E-state index in [0.29, 0.717) is 22.8 Å². The second-order valence-electron chi connectivity index (χ2n) is 4.48. The van der Waals surface area contributed by atoms with Crippen LogP contribution in [-0.2, 0) is 6.54 Å². The van der Waals surface area contributed by atoms with Gasteiger partial charge in [-0.25, -0.2) is 0 Å². The third-order valence-corrected chi connectivity index (χ3v) is 3.82. The first kappa shape index (κ1) is 14.9. The average molecular weight is 354 g/mol. The van der Waals surface area contributed by atoms with Crippen molar-refractivity contribution in [3.05, 3.63) is 63.1 Å². The molecular weight excluding hydrogens is 340 g/mol. The van der Waals surface area contributed by atoms with Crippen molar-refractivity contribution >= 4 is 39.1 Å². The first-order valence-corrected chi connectivity index (χ1v) is 7.20. The van der Waals surface area contributed by atoms with Gasteiger partial charge in [0.1, 0.15) is 0 Å². The van der Waals surface area contributed by atoms with E-state index in [1.807, 2.05) is 24.3 Å². The lowest BCUT2D eigenvalue weighted by Gasteiger charge is -2.19. The number of nitrogen functional groups attached to an aromatic ring is 1. The number of benzene rings is 2. The van der Waals surface area contributed by atoms with E-state index < -0.39 is 0 Å². The minimum absolute atomic E-state index is 0.135. The fraction of sp³-hybridized carbons (Fsp3) is 0.133. The van der Waals surface area contributed by atoms with Crippen LogP contribution in [-0.4, -0.2) is 17.9 Å². The highest BCUT2D eigenvalue weighted by atomic mass is 79.9. The van der Waals surface area contributed by atoms with E-state index in [1.54, 1.807) is 30.1 Å². The minimum atomic E-state index is -0.135. The number of carbonyl (C=O) groups is 1. The predicted molar refractivity (Wildman–Crippen MR) is 85.8 cm³/mol. The molecule has 0 fully saturated rings. The van der Waals surface area contributed by atoms with Gasteiger partial charge in [0.05, 0.1) is 5.56 Å². The van der Waals surface area contributed by atoms with Crippen LogP contribution >= 0.6 is 27.5 Å². The van der Waals surface area contributed by atoms with Gasteiger partial charge in [0, 0.05) is 28.8 Å². The maximum atomic E-state index is 12.4. The lowest BCUT2D eigenvalue weighted by molar-refractivity contribution is 0.0786. The van der Waals surface area contributed by atoms with E-state index in [9.17, 15) is 4.79 Å². The van der Waals surface area contributed by atoms with E-state index in [4.69, 9.17) is 17.3 Å². The highest BCUT2D eigenvalue weighted by molar-refractivity contribution is 9.10. The van der Waals surface area contributed by atoms with Gasteiger partial charge in [0.2, 0.25) is 0 Å². The van der Waals surface area contributed by atoms with Crippen LogP contribution in [0.5, 0.6) is 0 Å². The van der Waals surface area contributed by atoms with Crippen molar-refractivity contribution in [1.82, 2.24) is 4.90 Å². The van der Waals surface area contributed by atoms with Crippen molar-refractivity contribution in [2.24, 2.45) is 0 Å². The Hall–Kier alpha value is -1.52. The van der Waals surface area contributed by atoms with Crippen LogP contribution in [0.4, 0.5) is 5.69 Å². The monoisotopic (exact) mass is 352 g/mol. The van der Waals surface area contributed by atoms with Gasteiger partial charge in [-0.1, -0.05) is 45.7 Å². The number of anilines is 1. The summed E-state index contributed by atoms with van der Waals surface area (Å²) < 4.78 is 0.821. The molecule has 0 unspecified atom stereocenters. The maximum absolute atomic E-state index is 12.4. The molecule has 0 bridgehead atoms. The summed E-state index contributed by atoms with van der Waals surface area (Å²) in [4.78, 5) is 14.0. The van der Waals surface area contributed by atoms with Gasteiger partial charge in [-0.05, 0) is 29.8 Å². The van der Waals surface area contributed by atoms with E-state index >= 15 is 0 Å². The summed E-state index contributed by atoms with van der Waals surface area (Å²) in [7, 11) is 1.73. The molecule has 3 nitrogen and oxygen atoms in total. The molecule has 2 rings (SSSR count). The molecule has 0 aromatic heterocycles. The Balaban J connectivity index is 2.21. The largest absolute Gasteiger partial charge is 0.398 e. The Morgan fingerprint density at radius 1 is 1.30 bits per heavy atom. The highest BCUT2D eigenvalue weighted by Crippen LogP contribution is 2.22. The van der Waals surface area contributed by atoms with Crippen LogP contribution < -0.4 is 5.73 Å². The van der Waals surface area contributed by atoms with Gasteiger partial charge in [-0.3, -0.25) is 4.79 Å². The Bertz CT molecular complexity index is 646. The Kier molecular flexibility index (Phi) is 4.68. The molecule has 0 saturated carbocycles. The summed E-state index contributed by atoms with van der Waals surface area (Å²) in [5.41, 5.74) is 7.70. The molecule has 2 aromatic carbocycles. The van der Waals surface area contributed by atoms with Crippen LogP contribution in [0.2, 0.25) is 5.02 Å². The molecule has 0 aliphatic heterocycles. The number of carbonyl (C=O) groups excluding carboxylic acids is 1. The summed E-state index contributed by atoms with van der Waals surface area (Å²) in [5.74, 6) is -0.135. The zero-order valence-electron chi connectivity index (χ0n) is 10.9. The summed E-state index contributed by atoms with van der Waals surface area (Å²) in [6.07, 6.45) is 0. The molecule has 0 aliphatic rings. The summed E-state index contributed by atoms with van der Waals surface area (Å²) in [6, 6.07) is 12.7. The summed E-state index contributed by atoms with van der Waals surface area (Å²) >= 11 is 9.45. The molecule has 0 atom stereocenters. The van der Waals surface area contributed by atoms with Gasteiger partial charge in [0.25, 0.3) is 5.91 Å². The topological polar surface area (TPSA) is 46.3 Å². The molecule has 0 spiro atoms. The zero-order chi connectivity index (χ0) is 14.7. The molecule has 0 radical (unpaired) electrons. The van der Waals surface area contributed by atoms with Crippen LogP contribution in [0, 0.1) is 0 Å². The smallest absolute Gasteiger partial charge is 0.256 e. The standard InChI is InChI=1S/C15H14BrClN2O/c1-19(9-10-4-2-3-5-13(10)17)15(20)12-8-11(16)6-7-14(12)18/h2-8H,9,18H2,1H3. The molecule has 1 amide bonds. The minimum Gasteiger partial charge on any atom is -0.398 e. The van der Waals surface area contributed by atoms with Crippen molar-refractivity contribution in [3.8, 4) is 0 Å². The van der Waals surface area contributed by atoms with Gasteiger partial charge < -0.3 is 10.6 Å². The van der Waals surface area contributed by atoms with Gasteiger partial charge in [0.15, 0.2) is 0 Å². The van der Waals surface area contributed by atoms with Crippen molar-refractivity contribution in [3.63, 3.8) is 0 Å². The molecule has 2 N–H and O–H groups in total. The SMILES string of the molecule is CN(Cc1ccccc1Cl)C(=O)c1cc(Br)ccc1N. The Morgan fingerprint density at radius 2 is 2.00 bits per heavy atom. The summed E-state index contributed by atoms with van der Waals surface area (Å²) in [6.45, 7) is 0.435. The molecule has 5 heteroatoms. The van der Waals surface area contributed by atoms with E-state index in [2.05, 4.69) is 15.9 Å². The average Bonchev–Trinajstić information content (AvgIpc) is 2.43. The van der Waals surface area contributed by atoms with Crippen LogP contribution in [0.3, 0.4) is 0 Å². The second-order valence-corrected chi connectivity index (χ2v) is 5.81. The van der Waals surface area contributed by atoms with Gasteiger partial charge in [-0.2, -0.15) is 0 Å². The van der Waals surface area contributed by atoms with E-state index in [-0.39, 0.29) is 5.91 Å². The normalized spacial score (nSPS) is 10.3. The maximum Gasteiger partial charge on any atom is 0.256 e. The number of hydrogen-bond acceptors (Lipinski definition) is 2. The first-order valence-electron chi connectivity index (χ1n) is 6.03. The quantitative estimate of drug-likeness (QED) is 0.849. The van der Waals surface area contributed by atoms with Crippen LogP contribution in [0.25, 0.3) is 0 Å². The van der Waals surface area contributed by atoms with Crippen molar-refractivity contribution in [2.75, 3.05) is 12.8 Å². The third kappa shape index (κ3) is 3.32. The van der Waals surface area contributed by atoms with Gasteiger partial charge in [-0.15, -0.1) is 0 Å². The summed E-state index contributed by atoms with van der Waals surface area (Å²) in [5, 5.41) is 0.648. The molecular formula is C15H14BrClN2O. The van der Waals surface area contributed by atoms with Crippen molar-refractivity contribution in [2.45, 2.75) is 6.54 Å². The van der Waals surface area contributed by atoms with Crippen LogP contribution in [0.15, 0.2) is 46.9 Å². The lowest BCUT2D eigenvalue weighted by Crippen LogP contribution is -2.27. The number of nitrogens with two attached hydrogens (primary N) is 1. The number of halogens is 2. The number of amides is 1. The second kappa shape index (κ2) is 6.29. The predicted octanol–water partition coefficient (Wildman–Crippen LogP) is 3.96. The Morgan fingerprint density at radius 3 is 2.70 bits per heavy atom. The van der Waals surface area contributed by atoms with Crippen LogP contribution in [0.1, 0.15) is 15.9 Å². The Labute approximate surface area is 131 Å². The van der Waals surface area contributed by atoms with E-state index in [1.165, 1.54) is 0 Å². The lowest BCUT2D eigenvalue weighted by atomic mass is 10.1.